The lowest BCUT2D eigenvalue weighted by atomic mass is 10.1. The number of aryl methyl sites for hydroxylation is 2. The minimum Gasteiger partial charge on any atom is -0.496 e. The Bertz CT molecular complexity index is 906. The van der Waals surface area contributed by atoms with Crippen molar-refractivity contribution >= 4 is 17.2 Å². The minimum absolute atomic E-state index is 0.0336. The van der Waals surface area contributed by atoms with Gasteiger partial charge in [-0.3, -0.25) is 9.78 Å². The number of carbonyl (C=O) groups is 1. The number of methoxy groups -OCH3 is 1. The van der Waals surface area contributed by atoms with Crippen molar-refractivity contribution in [3.63, 3.8) is 0 Å². The third-order valence-electron chi connectivity index (χ3n) is 4.21. The van der Waals surface area contributed by atoms with Crippen molar-refractivity contribution in [2.75, 3.05) is 7.11 Å². The monoisotopic (exact) mass is 386 g/mol. The van der Waals surface area contributed by atoms with Gasteiger partial charge in [-0.05, 0) is 31.7 Å². The van der Waals surface area contributed by atoms with Crippen LogP contribution in [0.4, 0.5) is 0 Å². The number of hydrogen-bond donors (Lipinski definition) is 1. The molecule has 0 fully saturated rings. The molecule has 0 saturated heterocycles. The molecule has 7 nitrogen and oxygen atoms in total. The fourth-order valence-corrected chi connectivity index (χ4v) is 3.43. The molecular formula is C19H22N4O3S. The maximum absolute atomic E-state index is 12.1. The van der Waals surface area contributed by atoms with E-state index in [1.165, 1.54) is 0 Å². The Balaban J connectivity index is 1.45. The average molecular weight is 386 g/mol. The van der Waals surface area contributed by atoms with E-state index in [0.29, 0.717) is 37.5 Å². The summed E-state index contributed by atoms with van der Waals surface area (Å²) in [7, 11) is 1.64. The van der Waals surface area contributed by atoms with Crippen LogP contribution in [0.1, 0.15) is 35.6 Å². The van der Waals surface area contributed by atoms with Crippen LogP contribution >= 0.6 is 11.3 Å². The highest BCUT2D eigenvalue weighted by atomic mass is 32.1. The van der Waals surface area contributed by atoms with E-state index in [2.05, 4.69) is 20.4 Å². The molecule has 0 aliphatic heterocycles. The predicted octanol–water partition coefficient (Wildman–Crippen LogP) is 3.46. The number of nitrogens with one attached hydrogen (secondary N) is 1. The molecule has 3 aromatic heterocycles. The molecule has 8 heteroatoms. The molecule has 3 aromatic rings. The lowest BCUT2D eigenvalue weighted by Gasteiger charge is -2.12. The molecule has 1 N–H and O–H groups in total. The Kier molecular flexibility index (Phi) is 6.18. The lowest BCUT2D eigenvalue weighted by molar-refractivity contribution is -0.121. The highest BCUT2D eigenvalue weighted by Gasteiger charge is 2.12. The van der Waals surface area contributed by atoms with E-state index in [9.17, 15) is 4.79 Å². The molecule has 0 spiro atoms. The van der Waals surface area contributed by atoms with E-state index in [1.807, 2.05) is 31.4 Å². The molecule has 0 radical (unpaired) electrons. The number of pyridine rings is 1. The van der Waals surface area contributed by atoms with Gasteiger partial charge in [0.25, 0.3) is 0 Å². The van der Waals surface area contributed by atoms with Crippen LogP contribution in [0.3, 0.4) is 0 Å². The SMILES string of the molecule is COc1c(C)cnc(CNC(=O)CCCc2nc(-c3cccs3)no2)c1C. The number of carbonyl (C=O) groups excluding carboxylic acids is 1. The van der Waals surface area contributed by atoms with E-state index in [-0.39, 0.29) is 5.91 Å². The molecule has 142 valence electrons. The van der Waals surface area contributed by atoms with Crippen LogP contribution in [-0.4, -0.2) is 28.1 Å². The number of aromatic nitrogens is 3. The molecule has 0 bridgehead atoms. The van der Waals surface area contributed by atoms with Gasteiger partial charge in [0.15, 0.2) is 0 Å². The molecule has 0 aliphatic rings. The number of hydrogen-bond acceptors (Lipinski definition) is 7. The van der Waals surface area contributed by atoms with Gasteiger partial charge >= 0.3 is 0 Å². The zero-order valence-electron chi connectivity index (χ0n) is 15.6. The van der Waals surface area contributed by atoms with Crippen LogP contribution in [-0.2, 0) is 17.8 Å². The third kappa shape index (κ3) is 4.71. The molecule has 0 aromatic carbocycles. The number of thiophene rings is 1. The Hall–Kier alpha value is -2.74. The van der Waals surface area contributed by atoms with Crippen LogP contribution in [0.2, 0.25) is 0 Å². The Morgan fingerprint density at radius 2 is 2.22 bits per heavy atom. The van der Waals surface area contributed by atoms with Crippen LogP contribution in [0.25, 0.3) is 10.7 Å². The smallest absolute Gasteiger partial charge is 0.226 e. The van der Waals surface area contributed by atoms with Crippen LogP contribution in [0, 0.1) is 13.8 Å². The fourth-order valence-electron chi connectivity index (χ4n) is 2.78. The highest BCUT2D eigenvalue weighted by molar-refractivity contribution is 7.13. The van der Waals surface area contributed by atoms with Crippen molar-refractivity contribution in [1.82, 2.24) is 20.4 Å². The van der Waals surface area contributed by atoms with Gasteiger partial charge in [-0.15, -0.1) is 11.3 Å². The maximum Gasteiger partial charge on any atom is 0.226 e. The second-order valence-corrected chi connectivity index (χ2v) is 7.11. The zero-order chi connectivity index (χ0) is 19.2. The molecule has 27 heavy (non-hydrogen) atoms. The Morgan fingerprint density at radius 1 is 1.37 bits per heavy atom. The molecular weight excluding hydrogens is 364 g/mol. The summed E-state index contributed by atoms with van der Waals surface area (Å²) in [4.78, 5) is 21.8. The largest absolute Gasteiger partial charge is 0.496 e. The summed E-state index contributed by atoms with van der Waals surface area (Å²) in [6.07, 6.45) is 3.36. The van der Waals surface area contributed by atoms with Crippen molar-refractivity contribution in [1.29, 1.82) is 0 Å². The minimum atomic E-state index is -0.0336. The van der Waals surface area contributed by atoms with E-state index >= 15 is 0 Å². The first-order chi connectivity index (χ1) is 13.1. The van der Waals surface area contributed by atoms with Gasteiger partial charge in [0.2, 0.25) is 17.6 Å². The van der Waals surface area contributed by atoms with Gasteiger partial charge in [0.05, 0.1) is 24.2 Å². The normalized spacial score (nSPS) is 10.8. The topological polar surface area (TPSA) is 90.1 Å². The summed E-state index contributed by atoms with van der Waals surface area (Å²) in [6, 6.07) is 3.89. The fraction of sp³-hybridized carbons (Fsp3) is 0.368. The lowest BCUT2D eigenvalue weighted by Crippen LogP contribution is -2.23. The second kappa shape index (κ2) is 8.77. The molecule has 3 heterocycles. The van der Waals surface area contributed by atoms with Crippen molar-refractivity contribution in [2.45, 2.75) is 39.7 Å². The summed E-state index contributed by atoms with van der Waals surface area (Å²) in [6.45, 7) is 4.27. The first kappa shape index (κ1) is 19.0. The number of rotatable bonds is 8. The predicted molar refractivity (Wildman–Crippen MR) is 103 cm³/mol. The Labute approximate surface area is 161 Å². The maximum atomic E-state index is 12.1. The summed E-state index contributed by atoms with van der Waals surface area (Å²) in [5, 5.41) is 8.84. The summed E-state index contributed by atoms with van der Waals surface area (Å²) >= 11 is 1.56. The highest BCUT2D eigenvalue weighted by Crippen LogP contribution is 2.24. The molecule has 0 saturated carbocycles. The summed E-state index contributed by atoms with van der Waals surface area (Å²) in [5.74, 6) is 1.92. The first-order valence-electron chi connectivity index (χ1n) is 8.70. The molecule has 0 unspecified atom stereocenters. The van der Waals surface area contributed by atoms with Crippen molar-refractivity contribution < 1.29 is 14.1 Å². The van der Waals surface area contributed by atoms with E-state index in [4.69, 9.17) is 9.26 Å². The van der Waals surface area contributed by atoms with Gasteiger partial charge in [-0.1, -0.05) is 11.2 Å². The molecule has 0 atom stereocenters. The molecule has 1 amide bonds. The second-order valence-electron chi connectivity index (χ2n) is 6.17. The van der Waals surface area contributed by atoms with Crippen molar-refractivity contribution in [3.05, 3.63) is 46.4 Å². The van der Waals surface area contributed by atoms with E-state index < -0.39 is 0 Å². The van der Waals surface area contributed by atoms with Crippen molar-refractivity contribution in [3.8, 4) is 16.5 Å². The molecule has 3 rings (SSSR count). The average Bonchev–Trinajstić information content (AvgIpc) is 3.33. The standard InChI is InChI=1S/C19H22N4O3S/c1-12-10-20-14(13(2)18(12)25-3)11-21-16(24)7-4-8-17-22-19(23-26-17)15-6-5-9-27-15/h5-6,9-10H,4,7-8,11H2,1-3H3,(H,21,24). The quantitative estimate of drug-likeness (QED) is 0.638. The number of ether oxygens (including phenoxy) is 1. The Morgan fingerprint density at radius 3 is 2.96 bits per heavy atom. The van der Waals surface area contributed by atoms with Gasteiger partial charge in [-0.2, -0.15) is 4.98 Å². The van der Waals surface area contributed by atoms with Gasteiger partial charge in [0.1, 0.15) is 5.75 Å². The zero-order valence-corrected chi connectivity index (χ0v) is 16.4. The van der Waals surface area contributed by atoms with Gasteiger partial charge in [-0.25, -0.2) is 0 Å². The molecule has 0 aliphatic carbocycles. The van der Waals surface area contributed by atoms with Crippen LogP contribution < -0.4 is 10.1 Å². The summed E-state index contributed by atoms with van der Waals surface area (Å²) in [5.41, 5.74) is 2.74. The van der Waals surface area contributed by atoms with E-state index in [1.54, 1.807) is 24.6 Å². The third-order valence-corrected chi connectivity index (χ3v) is 5.07. The first-order valence-corrected chi connectivity index (χ1v) is 9.58. The van der Waals surface area contributed by atoms with Crippen molar-refractivity contribution in [2.24, 2.45) is 0 Å². The van der Waals surface area contributed by atoms with Crippen LogP contribution in [0.5, 0.6) is 5.75 Å². The van der Waals surface area contributed by atoms with E-state index in [0.717, 1.165) is 27.4 Å². The number of amides is 1. The number of nitrogens with zero attached hydrogens (tertiary/aromatic N) is 3. The summed E-state index contributed by atoms with van der Waals surface area (Å²) < 4.78 is 10.6. The van der Waals surface area contributed by atoms with Crippen LogP contribution in [0.15, 0.2) is 28.2 Å². The van der Waals surface area contributed by atoms with Gasteiger partial charge < -0.3 is 14.6 Å². The van der Waals surface area contributed by atoms with Gasteiger partial charge in [0, 0.05) is 30.2 Å².